The molecule has 4 nitrogen and oxygen atoms in total. The van der Waals surface area contributed by atoms with Crippen LogP contribution in [0.2, 0.25) is 0 Å². The first-order valence-corrected chi connectivity index (χ1v) is 5.82. The first-order chi connectivity index (χ1) is 7.58. The maximum absolute atomic E-state index is 12.2. The average molecular weight is 222 g/mol. The van der Waals surface area contributed by atoms with Gasteiger partial charge in [0.2, 0.25) is 5.76 Å². The van der Waals surface area contributed by atoms with Gasteiger partial charge in [-0.3, -0.25) is 4.79 Å². The Hall–Kier alpha value is -1.32. The molecule has 16 heavy (non-hydrogen) atoms. The van der Waals surface area contributed by atoms with Crippen LogP contribution in [0.3, 0.4) is 0 Å². The molecule has 0 bridgehead atoms. The van der Waals surface area contributed by atoms with Crippen LogP contribution in [0.1, 0.15) is 42.9 Å². The zero-order chi connectivity index (χ0) is 11.7. The highest BCUT2D eigenvalue weighted by Crippen LogP contribution is 2.29. The molecule has 1 aromatic rings. The van der Waals surface area contributed by atoms with E-state index in [1.807, 2.05) is 11.8 Å². The van der Waals surface area contributed by atoms with Gasteiger partial charge in [-0.2, -0.15) is 0 Å². The van der Waals surface area contributed by atoms with Crippen LogP contribution < -0.4 is 0 Å². The minimum atomic E-state index is -0.0169. The normalized spacial score (nSPS) is 15.5. The molecule has 1 amide bonds. The summed E-state index contributed by atoms with van der Waals surface area (Å²) in [5, 5.41) is 3.76. The van der Waals surface area contributed by atoms with E-state index < -0.39 is 0 Å². The highest BCUT2D eigenvalue weighted by atomic mass is 16.5. The molecular weight excluding hydrogens is 204 g/mol. The predicted molar refractivity (Wildman–Crippen MR) is 60.1 cm³/mol. The summed E-state index contributed by atoms with van der Waals surface area (Å²) < 4.78 is 5.03. The van der Waals surface area contributed by atoms with Gasteiger partial charge in [-0.1, -0.05) is 19.0 Å². The van der Waals surface area contributed by atoms with E-state index in [2.05, 4.69) is 19.0 Å². The lowest BCUT2D eigenvalue weighted by Gasteiger charge is -2.22. The van der Waals surface area contributed by atoms with Crippen molar-refractivity contribution in [3.63, 3.8) is 0 Å². The van der Waals surface area contributed by atoms with Crippen LogP contribution in [-0.4, -0.2) is 28.6 Å². The van der Waals surface area contributed by atoms with Crippen LogP contribution >= 0.6 is 0 Å². The third-order valence-corrected chi connectivity index (χ3v) is 2.65. The Labute approximate surface area is 95.6 Å². The second-order valence-corrected chi connectivity index (χ2v) is 4.92. The van der Waals surface area contributed by atoms with Crippen LogP contribution in [0.5, 0.6) is 0 Å². The molecule has 0 spiro atoms. The van der Waals surface area contributed by atoms with Crippen molar-refractivity contribution < 1.29 is 9.32 Å². The van der Waals surface area contributed by atoms with Crippen LogP contribution in [0.25, 0.3) is 0 Å². The summed E-state index contributed by atoms with van der Waals surface area (Å²) in [6.45, 7) is 6.86. The van der Waals surface area contributed by atoms with Crippen molar-refractivity contribution >= 4 is 5.91 Å². The van der Waals surface area contributed by atoms with Crippen LogP contribution in [-0.2, 0) is 0 Å². The first kappa shape index (κ1) is 11.2. The summed E-state index contributed by atoms with van der Waals surface area (Å²) in [4.78, 5) is 14.1. The van der Waals surface area contributed by atoms with Gasteiger partial charge < -0.3 is 9.42 Å². The summed E-state index contributed by atoms with van der Waals surface area (Å²) in [5.74, 6) is 0.829. The third kappa shape index (κ3) is 2.43. The van der Waals surface area contributed by atoms with Crippen LogP contribution in [0.4, 0.5) is 0 Å². The van der Waals surface area contributed by atoms with Crippen molar-refractivity contribution in [2.45, 2.75) is 39.7 Å². The van der Waals surface area contributed by atoms with Gasteiger partial charge in [0.15, 0.2) is 0 Å². The zero-order valence-electron chi connectivity index (χ0n) is 10.1. The fourth-order valence-corrected chi connectivity index (χ4v) is 1.78. The number of carbonyl (C=O) groups is 1. The van der Waals surface area contributed by atoms with Crippen molar-refractivity contribution in [2.75, 3.05) is 6.54 Å². The second kappa shape index (κ2) is 4.28. The molecule has 1 aliphatic carbocycles. The van der Waals surface area contributed by atoms with Crippen LogP contribution in [0, 0.1) is 12.8 Å². The Bertz CT molecular complexity index is 380. The lowest BCUT2D eigenvalue weighted by Crippen LogP contribution is -2.35. The van der Waals surface area contributed by atoms with E-state index >= 15 is 0 Å². The Morgan fingerprint density at radius 2 is 2.31 bits per heavy atom. The number of carbonyl (C=O) groups excluding carboxylic acids is 1. The summed E-state index contributed by atoms with van der Waals surface area (Å²) in [5.41, 5.74) is 0.753. The molecule has 0 unspecified atom stereocenters. The van der Waals surface area contributed by atoms with Gasteiger partial charge in [0.25, 0.3) is 5.91 Å². The maximum atomic E-state index is 12.2. The number of aryl methyl sites for hydroxylation is 1. The standard InChI is InChI=1S/C12H18N2O2/c1-8(2)7-14(10-4-5-10)12(15)11-6-9(3)13-16-11/h6,8,10H,4-5,7H2,1-3H3. The maximum Gasteiger partial charge on any atom is 0.292 e. The number of hydrogen-bond donors (Lipinski definition) is 0. The highest BCUT2D eigenvalue weighted by Gasteiger charge is 2.34. The van der Waals surface area contributed by atoms with Crippen molar-refractivity contribution in [1.29, 1.82) is 0 Å². The predicted octanol–water partition coefficient (Wildman–Crippen LogP) is 2.24. The average Bonchev–Trinajstić information content (AvgIpc) is 2.96. The molecule has 88 valence electrons. The minimum Gasteiger partial charge on any atom is -0.351 e. The van der Waals surface area contributed by atoms with Gasteiger partial charge in [0, 0.05) is 18.7 Å². The molecule has 0 atom stereocenters. The molecule has 0 aromatic carbocycles. The molecular formula is C12H18N2O2. The summed E-state index contributed by atoms with van der Waals surface area (Å²) in [6, 6.07) is 2.12. The second-order valence-electron chi connectivity index (χ2n) is 4.92. The number of amides is 1. The highest BCUT2D eigenvalue weighted by molar-refractivity contribution is 5.91. The number of aromatic nitrogens is 1. The fraction of sp³-hybridized carbons (Fsp3) is 0.667. The van der Waals surface area contributed by atoms with E-state index in [9.17, 15) is 4.79 Å². The van der Waals surface area contributed by atoms with E-state index in [0.717, 1.165) is 25.1 Å². The molecule has 2 rings (SSSR count). The lowest BCUT2D eigenvalue weighted by molar-refractivity contribution is 0.0680. The van der Waals surface area contributed by atoms with Gasteiger partial charge in [0.1, 0.15) is 0 Å². The fourth-order valence-electron chi connectivity index (χ4n) is 1.78. The van der Waals surface area contributed by atoms with Gasteiger partial charge in [-0.25, -0.2) is 0 Å². The van der Waals surface area contributed by atoms with E-state index in [-0.39, 0.29) is 5.91 Å². The topological polar surface area (TPSA) is 46.3 Å². The first-order valence-electron chi connectivity index (χ1n) is 5.82. The Kier molecular flexibility index (Phi) is 2.99. The zero-order valence-corrected chi connectivity index (χ0v) is 10.1. The lowest BCUT2D eigenvalue weighted by atomic mass is 10.2. The minimum absolute atomic E-state index is 0.0169. The summed E-state index contributed by atoms with van der Waals surface area (Å²) in [7, 11) is 0. The van der Waals surface area contributed by atoms with Gasteiger partial charge in [-0.05, 0) is 25.7 Å². The van der Waals surface area contributed by atoms with Gasteiger partial charge in [-0.15, -0.1) is 0 Å². The molecule has 0 radical (unpaired) electrons. The Balaban J connectivity index is 2.10. The van der Waals surface area contributed by atoms with Gasteiger partial charge >= 0.3 is 0 Å². The molecule has 0 saturated heterocycles. The smallest absolute Gasteiger partial charge is 0.292 e. The largest absolute Gasteiger partial charge is 0.351 e. The molecule has 4 heteroatoms. The molecule has 1 heterocycles. The number of nitrogens with zero attached hydrogens (tertiary/aromatic N) is 2. The van der Waals surface area contributed by atoms with Gasteiger partial charge in [0.05, 0.1) is 5.69 Å². The molecule has 1 saturated carbocycles. The van der Waals surface area contributed by atoms with Crippen molar-refractivity contribution in [3.05, 3.63) is 17.5 Å². The van der Waals surface area contributed by atoms with E-state index in [4.69, 9.17) is 4.52 Å². The SMILES string of the molecule is Cc1cc(C(=O)N(CC(C)C)C2CC2)on1. The Morgan fingerprint density at radius 1 is 1.62 bits per heavy atom. The molecule has 1 fully saturated rings. The summed E-state index contributed by atoms with van der Waals surface area (Å²) in [6.07, 6.45) is 2.23. The summed E-state index contributed by atoms with van der Waals surface area (Å²) >= 11 is 0. The number of hydrogen-bond acceptors (Lipinski definition) is 3. The molecule has 1 aliphatic rings. The molecule has 0 N–H and O–H groups in total. The Morgan fingerprint density at radius 3 is 2.75 bits per heavy atom. The van der Waals surface area contributed by atoms with Crippen molar-refractivity contribution in [2.24, 2.45) is 5.92 Å². The quantitative estimate of drug-likeness (QED) is 0.785. The third-order valence-electron chi connectivity index (χ3n) is 2.65. The van der Waals surface area contributed by atoms with E-state index in [1.54, 1.807) is 6.07 Å². The van der Waals surface area contributed by atoms with E-state index in [1.165, 1.54) is 0 Å². The molecule has 1 aromatic heterocycles. The van der Waals surface area contributed by atoms with Crippen molar-refractivity contribution in [3.8, 4) is 0 Å². The molecule has 0 aliphatic heterocycles. The van der Waals surface area contributed by atoms with E-state index in [0.29, 0.717) is 17.7 Å². The monoisotopic (exact) mass is 222 g/mol. The van der Waals surface area contributed by atoms with Crippen LogP contribution in [0.15, 0.2) is 10.6 Å². The van der Waals surface area contributed by atoms with Crippen molar-refractivity contribution in [1.82, 2.24) is 10.1 Å². The number of rotatable bonds is 4.